The van der Waals surface area contributed by atoms with Gasteiger partial charge in [0.1, 0.15) is 0 Å². The third-order valence-electron chi connectivity index (χ3n) is 2.32. The summed E-state index contributed by atoms with van der Waals surface area (Å²) in [5, 5.41) is 0. The van der Waals surface area contributed by atoms with E-state index in [0.29, 0.717) is 0 Å². The number of methoxy groups -OCH3 is 1. The second-order valence-electron chi connectivity index (χ2n) is 3.08. The van der Waals surface area contributed by atoms with E-state index in [0.717, 1.165) is 25.7 Å². The Bertz CT molecular complexity index is 152. The lowest BCUT2D eigenvalue weighted by Crippen LogP contribution is -2.38. The van der Waals surface area contributed by atoms with Gasteiger partial charge in [-0.2, -0.15) is 0 Å². The molecule has 1 saturated carbocycles. The summed E-state index contributed by atoms with van der Waals surface area (Å²) in [6, 6.07) is 0.0243. The molecule has 0 bridgehead atoms. The fraction of sp³-hybridized carbons (Fsp3) is 0.875. The van der Waals surface area contributed by atoms with Crippen molar-refractivity contribution in [2.75, 3.05) is 7.11 Å². The molecule has 0 radical (unpaired) electrons. The zero-order chi connectivity index (χ0) is 8.27. The zero-order valence-corrected chi connectivity index (χ0v) is 8.10. The predicted molar refractivity (Wildman–Crippen MR) is 49.2 cm³/mol. The highest BCUT2D eigenvalue weighted by Crippen LogP contribution is 2.23. The molecular formula is C8H16ClNO2. The van der Waals surface area contributed by atoms with Crippen LogP contribution in [0.5, 0.6) is 0 Å². The molecule has 0 aromatic heterocycles. The van der Waals surface area contributed by atoms with Crippen molar-refractivity contribution in [1.82, 2.24) is 0 Å². The van der Waals surface area contributed by atoms with Gasteiger partial charge in [-0.1, -0.05) is 12.8 Å². The summed E-state index contributed by atoms with van der Waals surface area (Å²) in [7, 11) is 1.42. The fourth-order valence-corrected chi connectivity index (χ4v) is 1.60. The smallest absolute Gasteiger partial charge is 0.310 e. The molecule has 0 amide bonds. The summed E-state index contributed by atoms with van der Waals surface area (Å²) in [5.41, 5.74) is 5.75. The van der Waals surface area contributed by atoms with Crippen LogP contribution in [0.4, 0.5) is 0 Å². The SMILES string of the molecule is COC(=O)[C@H]1CCCC[C@H]1N.Cl. The average Bonchev–Trinajstić information content (AvgIpc) is 2.04. The first kappa shape index (κ1) is 11.7. The molecule has 0 aliphatic heterocycles. The molecule has 4 heteroatoms. The summed E-state index contributed by atoms with van der Waals surface area (Å²) >= 11 is 0. The first-order valence-corrected chi connectivity index (χ1v) is 4.09. The van der Waals surface area contributed by atoms with E-state index in [1.165, 1.54) is 7.11 Å². The van der Waals surface area contributed by atoms with Crippen molar-refractivity contribution in [2.45, 2.75) is 31.7 Å². The summed E-state index contributed by atoms with van der Waals surface area (Å²) in [4.78, 5) is 11.1. The second-order valence-corrected chi connectivity index (χ2v) is 3.08. The molecule has 0 heterocycles. The van der Waals surface area contributed by atoms with Gasteiger partial charge in [0.05, 0.1) is 13.0 Å². The molecule has 12 heavy (non-hydrogen) atoms. The standard InChI is InChI=1S/C8H15NO2.ClH/c1-11-8(10)6-4-2-3-5-7(6)9;/h6-7H,2-5,9H2,1H3;1H/t6-,7+;/m0./s1. The van der Waals surface area contributed by atoms with Crippen molar-refractivity contribution < 1.29 is 9.53 Å². The average molecular weight is 194 g/mol. The molecule has 0 aromatic rings. The fourth-order valence-electron chi connectivity index (χ4n) is 1.60. The highest BCUT2D eigenvalue weighted by Gasteiger charge is 2.28. The van der Waals surface area contributed by atoms with Crippen LogP contribution in [-0.4, -0.2) is 19.1 Å². The monoisotopic (exact) mass is 193 g/mol. The molecule has 2 atom stereocenters. The van der Waals surface area contributed by atoms with Gasteiger partial charge in [-0.05, 0) is 12.8 Å². The van der Waals surface area contributed by atoms with E-state index in [4.69, 9.17) is 5.73 Å². The van der Waals surface area contributed by atoms with Gasteiger partial charge in [0.2, 0.25) is 0 Å². The number of hydrogen-bond donors (Lipinski definition) is 1. The maximum Gasteiger partial charge on any atom is 0.310 e. The molecule has 1 fully saturated rings. The lowest BCUT2D eigenvalue weighted by atomic mass is 9.85. The second kappa shape index (κ2) is 5.38. The van der Waals surface area contributed by atoms with E-state index in [-0.39, 0.29) is 30.3 Å². The number of hydrogen-bond acceptors (Lipinski definition) is 3. The van der Waals surface area contributed by atoms with Gasteiger partial charge in [-0.3, -0.25) is 4.79 Å². The van der Waals surface area contributed by atoms with E-state index >= 15 is 0 Å². The number of nitrogens with two attached hydrogens (primary N) is 1. The van der Waals surface area contributed by atoms with E-state index in [9.17, 15) is 4.79 Å². The Kier molecular flexibility index (Phi) is 5.25. The third-order valence-corrected chi connectivity index (χ3v) is 2.32. The Morgan fingerprint density at radius 1 is 1.42 bits per heavy atom. The van der Waals surface area contributed by atoms with Gasteiger partial charge in [-0.15, -0.1) is 12.4 Å². The number of carbonyl (C=O) groups excluding carboxylic acids is 1. The summed E-state index contributed by atoms with van der Waals surface area (Å²) < 4.78 is 4.64. The Morgan fingerprint density at radius 2 is 2.00 bits per heavy atom. The predicted octanol–water partition coefficient (Wildman–Crippen LogP) is 1.10. The summed E-state index contributed by atoms with van der Waals surface area (Å²) in [5.74, 6) is -0.189. The minimum Gasteiger partial charge on any atom is -0.469 e. The lowest BCUT2D eigenvalue weighted by molar-refractivity contribution is -0.147. The number of rotatable bonds is 1. The van der Waals surface area contributed by atoms with Crippen LogP contribution in [0.1, 0.15) is 25.7 Å². The van der Waals surface area contributed by atoms with Crippen LogP contribution in [0.2, 0.25) is 0 Å². The quantitative estimate of drug-likeness (QED) is 0.635. The molecular weight excluding hydrogens is 178 g/mol. The van der Waals surface area contributed by atoms with Gasteiger partial charge in [0.15, 0.2) is 0 Å². The molecule has 0 spiro atoms. The van der Waals surface area contributed by atoms with Crippen molar-refractivity contribution in [1.29, 1.82) is 0 Å². The Morgan fingerprint density at radius 3 is 2.50 bits per heavy atom. The van der Waals surface area contributed by atoms with E-state index in [1.807, 2.05) is 0 Å². The summed E-state index contributed by atoms with van der Waals surface area (Å²) in [6.45, 7) is 0. The molecule has 0 aromatic carbocycles. The normalized spacial score (nSPS) is 28.8. The van der Waals surface area contributed by atoms with Crippen LogP contribution in [0, 0.1) is 5.92 Å². The van der Waals surface area contributed by atoms with Crippen LogP contribution >= 0.6 is 12.4 Å². The van der Waals surface area contributed by atoms with Crippen LogP contribution in [0.3, 0.4) is 0 Å². The van der Waals surface area contributed by atoms with E-state index < -0.39 is 0 Å². The van der Waals surface area contributed by atoms with Gasteiger partial charge in [-0.25, -0.2) is 0 Å². The van der Waals surface area contributed by atoms with E-state index in [2.05, 4.69) is 4.74 Å². The summed E-state index contributed by atoms with van der Waals surface area (Å²) in [6.07, 6.45) is 4.11. The number of esters is 1. The Labute approximate surface area is 79.1 Å². The highest BCUT2D eigenvalue weighted by atomic mass is 35.5. The highest BCUT2D eigenvalue weighted by molar-refractivity contribution is 5.85. The topological polar surface area (TPSA) is 52.3 Å². The number of halogens is 1. The lowest BCUT2D eigenvalue weighted by Gasteiger charge is -2.25. The Hall–Kier alpha value is -0.280. The molecule has 72 valence electrons. The zero-order valence-electron chi connectivity index (χ0n) is 7.29. The van der Waals surface area contributed by atoms with Crippen LogP contribution < -0.4 is 5.73 Å². The molecule has 1 aliphatic carbocycles. The van der Waals surface area contributed by atoms with Gasteiger partial charge < -0.3 is 10.5 Å². The number of ether oxygens (including phenoxy) is 1. The van der Waals surface area contributed by atoms with Crippen LogP contribution in [-0.2, 0) is 9.53 Å². The molecule has 1 aliphatic rings. The Balaban J connectivity index is 0.00000121. The van der Waals surface area contributed by atoms with Gasteiger partial charge in [0.25, 0.3) is 0 Å². The van der Waals surface area contributed by atoms with Crippen LogP contribution in [0.15, 0.2) is 0 Å². The van der Waals surface area contributed by atoms with Crippen molar-refractivity contribution >= 4 is 18.4 Å². The van der Waals surface area contributed by atoms with Gasteiger partial charge >= 0.3 is 5.97 Å². The minimum absolute atomic E-state index is 0. The molecule has 0 saturated heterocycles. The van der Waals surface area contributed by atoms with Crippen molar-refractivity contribution in [3.8, 4) is 0 Å². The number of carbonyl (C=O) groups is 1. The molecule has 2 N–H and O–H groups in total. The van der Waals surface area contributed by atoms with Gasteiger partial charge in [0, 0.05) is 6.04 Å². The van der Waals surface area contributed by atoms with E-state index in [1.54, 1.807) is 0 Å². The van der Waals surface area contributed by atoms with Crippen molar-refractivity contribution in [2.24, 2.45) is 11.7 Å². The maximum atomic E-state index is 11.1. The van der Waals surface area contributed by atoms with Crippen molar-refractivity contribution in [3.63, 3.8) is 0 Å². The molecule has 1 rings (SSSR count). The molecule has 3 nitrogen and oxygen atoms in total. The third kappa shape index (κ3) is 2.64. The minimum atomic E-state index is -0.141. The molecule has 0 unspecified atom stereocenters. The van der Waals surface area contributed by atoms with Crippen molar-refractivity contribution in [3.05, 3.63) is 0 Å². The maximum absolute atomic E-state index is 11.1. The van der Waals surface area contributed by atoms with Crippen LogP contribution in [0.25, 0.3) is 0 Å². The first-order valence-electron chi connectivity index (χ1n) is 4.09. The largest absolute Gasteiger partial charge is 0.469 e. The first-order chi connectivity index (χ1) is 5.25.